The second kappa shape index (κ2) is 16.2. The molecule has 0 aromatic rings. The van der Waals surface area contributed by atoms with Crippen LogP contribution in [0.5, 0.6) is 0 Å². The van der Waals surface area contributed by atoms with Crippen LogP contribution in [-0.4, -0.2) is 103 Å². The third kappa shape index (κ3) is 12.8. The van der Waals surface area contributed by atoms with Crippen molar-refractivity contribution in [3.8, 4) is 0 Å². The summed E-state index contributed by atoms with van der Waals surface area (Å²) in [6.07, 6.45) is -0.0721. The lowest BCUT2D eigenvalue weighted by molar-refractivity contribution is -0.196. The predicted molar refractivity (Wildman–Crippen MR) is 124 cm³/mol. The molecule has 2 amide bonds. The van der Waals surface area contributed by atoms with Crippen LogP contribution in [0.15, 0.2) is 0 Å². The van der Waals surface area contributed by atoms with Gasteiger partial charge in [0.1, 0.15) is 23.9 Å². The van der Waals surface area contributed by atoms with Crippen molar-refractivity contribution in [2.45, 2.75) is 95.9 Å². The second-order valence-corrected chi connectivity index (χ2v) is 9.46. The molecule has 0 bridgehead atoms. The molecule has 0 aromatic heterocycles. The van der Waals surface area contributed by atoms with Gasteiger partial charge in [0.15, 0.2) is 0 Å². The molecule has 11 heteroatoms. The van der Waals surface area contributed by atoms with Crippen molar-refractivity contribution in [1.82, 2.24) is 10.6 Å². The van der Waals surface area contributed by atoms with E-state index in [-0.39, 0.29) is 5.91 Å². The Bertz CT molecular complexity index is 585. The van der Waals surface area contributed by atoms with E-state index in [9.17, 15) is 24.9 Å². The Morgan fingerprint density at radius 1 is 0.912 bits per heavy atom. The van der Waals surface area contributed by atoms with Crippen LogP contribution in [0.25, 0.3) is 0 Å². The standard InChI is InChI=1S/C23H44N2O9/c1-16(27)25-19-17(33-18(15-26)20(28)21(19)29)9-7-5-6-8-11-31-13-14-32-12-10-24-22(30)34-23(2,3)4/h17-21,26,28-29H,5-15H2,1-4H3,(H,24,30)(H,25,27)/t17-,18-,19+,20+,21-/m1/s1. The number of amides is 2. The van der Waals surface area contributed by atoms with Crippen molar-refractivity contribution in [1.29, 1.82) is 0 Å². The number of alkyl carbamates (subject to hydrolysis) is 1. The van der Waals surface area contributed by atoms with E-state index < -0.39 is 48.8 Å². The zero-order chi connectivity index (χ0) is 25.6. The second-order valence-electron chi connectivity index (χ2n) is 9.46. The van der Waals surface area contributed by atoms with E-state index in [1.807, 2.05) is 0 Å². The highest BCUT2D eigenvalue weighted by atomic mass is 16.6. The van der Waals surface area contributed by atoms with Gasteiger partial charge in [0, 0.05) is 20.1 Å². The summed E-state index contributed by atoms with van der Waals surface area (Å²) in [5.41, 5.74) is -0.521. The highest BCUT2D eigenvalue weighted by Crippen LogP contribution is 2.25. The Kier molecular flexibility index (Phi) is 14.6. The fourth-order valence-electron chi connectivity index (χ4n) is 3.62. The van der Waals surface area contributed by atoms with Gasteiger partial charge in [-0.3, -0.25) is 4.79 Å². The summed E-state index contributed by atoms with van der Waals surface area (Å²) in [6, 6.07) is -0.710. The van der Waals surface area contributed by atoms with Crippen LogP contribution in [0.2, 0.25) is 0 Å². The van der Waals surface area contributed by atoms with Gasteiger partial charge in [0.25, 0.3) is 0 Å². The first-order valence-corrected chi connectivity index (χ1v) is 12.1. The van der Waals surface area contributed by atoms with Gasteiger partial charge in [-0.15, -0.1) is 0 Å². The highest BCUT2D eigenvalue weighted by molar-refractivity contribution is 5.73. The van der Waals surface area contributed by atoms with Gasteiger partial charge < -0.3 is 44.9 Å². The minimum absolute atomic E-state index is 0.312. The van der Waals surface area contributed by atoms with Crippen molar-refractivity contribution in [3.05, 3.63) is 0 Å². The zero-order valence-corrected chi connectivity index (χ0v) is 21.0. The Labute approximate surface area is 202 Å². The van der Waals surface area contributed by atoms with Crippen molar-refractivity contribution < 1.29 is 43.9 Å². The van der Waals surface area contributed by atoms with Gasteiger partial charge in [0.05, 0.1) is 38.6 Å². The maximum absolute atomic E-state index is 11.5. The third-order valence-electron chi connectivity index (χ3n) is 5.21. The Morgan fingerprint density at radius 3 is 2.18 bits per heavy atom. The maximum Gasteiger partial charge on any atom is 0.407 e. The van der Waals surface area contributed by atoms with Crippen molar-refractivity contribution in [3.63, 3.8) is 0 Å². The minimum atomic E-state index is -1.25. The minimum Gasteiger partial charge on any atom is -0.444 e. The fraction of sp³-hybridized carbons (Fsp3) is 0.913. The molecule has 1 rings (SSSR count). The summed E-state index contributed by atoms with van der Waals surface area (Å²) < 4.78 is 21.8. The molecule has 0 unspecified atom stereocenters. The number of unbranched alkanes of at least 4 members (excludes halogenated alkanes) is 3. The molecule has 5 N–H and O–H groups in total. The van der Waals surface area contributed by atoms with E-state index in [2.05, 4.69) is 10.6 Å². The monoisotopic (exact) mass is 492 g/mol. The first-order valence-electron chi connectivity index (χ1n) is 12.1. The Balaban J connectivity index is 2.06. The molecule has 1 heterocycles. The van der Waals surface area contributed by atoms with Crippen LogP contribution in [0, 0.1) is 0 Å². The number of aliphatic hydroxyl groups excluding tert-OH is 3. The van der Waals surface area contributed by atoms with Gasteiger partial charge in [-0.2, -0.15) is 0 Å². The summed E-state index contributed by atoms with van der Waals surface area (Å²) in [5.74, 6) is -0.312. The predicted octanol–water partition coefficient (Wildman–Crippen LogP) is 0.481. The lowest BCUT2D eigenvalue weighted by Crippen LogP contribution is -2.63. The number of hydrogen-bond acceptors (Lipinski definition) is 9. The Hall–Kier alpha value is -1.50. The summed E-state index contributed by atoms with van der Waals surface area (Å²) >= 11 is 0. The quantitative estimate of drug-likeness (QED) is 0.205. The highest BCUT2D eigenvalue weighted by Gasteiger charge is 2.44. The first-order chi connectivity index (χ1) is 16.0. The van der Waals surface area contributed by atoms with Gasteiger partial charge >= 0.3 is 6.09 Å². The molecule has 0 aliphatic carbocycles. The van der Waals surface area contributed by atoms with Gasteiger partial charge in [-0.1, -0.05) is 19.3 Å². The smallest absolute Gasteiger partial charge is 0.407 e. The SMILES string of the molecule is CC(=O)N[C@@H]1[C@@H](O)[C@@H](O)[C@@H](CO)O[C@@H]1CCCCCCOCCOCCNC(=O)OC(C)(C)C. The average Bonchev–Trinajstić information content (AvgIpc) is 2.74. The summed E-state index contributed by atoms with van der Waals surface area (Å²) in [4.78, 5) is 22.9. The largest absolute Gasteiger partial charge is 0.444 e. The van der Waals surface area contributed by atoms with Crippen LogP contribution in [-0.2, 0) is 23.7 Å². The zero-order valence-electron chi connectivity index (χ0n) is 21.0. The van der Waals surface area contributed by atoms with E-state index in [1.165, 1.54) is 6.92 Å². The summed E-state index contributed by atoms with van der Waals surface area (Å²) in [7, 11) is 0. The maximum atomic E-state index is 11.5. The average molecular weight is 493 g/mol. The lowest BCUT2D eigenvalue weighted by atomic mass is 9.90. The summed E-state index contributed by atoms with van der Waals surface area (Å²) in [5, 5.41) is 35.0. The van der Waals surface area contributed by atoms with E-state index in [0.717, 1.165) is 25.7 Å². The molecule has 0 aromatic carbocycles. The Morgan fingerprint density at radius 2 is 1.56 bits per heavy atom. The van der Waals surface area contributed by atoms with Crippen LogP contribution in [0.4, 0.5) is 4.79 Å². The third-order valence-corrected chi connectivity index (χ3v) is 5.21. The van der Waals surface area contributed by atoms with E-state index >= 15 is 0 Å². The molecule has 1 fully saturated rings. The van der Waals surface area contributed by atoms with E-state index in [0.29, 0.717) is 39.4 Å². The van der Waals surface area contributed by atoms with Crippen molar-refractivity contribution in [2.75, 3.05) is 39.6 Å². The summed E-state index contributed by atoms with van der Waals surface area (Å²) in [6.45, 7) is 8.66. The first kappa shape index (κ1) is 30.5. The molecule has 0 saturated carbocycles. The molecule has 0 spiro atoms. The lowest BCUT2D eigenvalue weighted by Gasteiger charge is -2.42. The van der Waals surface area contributed by atoms with Crippen LogP contribution < -0.4 is 10.6 Å². The normalized spacial score (nSPS) is 25.1. The number of ether oxygens (including phenoxy) is 4. The number of hydrogen-bond donors (Lipinski definition) is 5. The van der Waals surface area contributed by atoms with Crippen molar-refractivity contribution in [2.24, 2.45) is 0 Å². The number of carbonyl (C=O) groups excluding carboxylic acids is 2. The van der Waals surface area contributed by atoms with E-state index in [1.54, 1.807) is 20.8 Å². The molecular formula is C23H44N2O9. The van der Waals surface area contributed by atoms with Gasteiger partial charge in [-0.05, 0) is 33.6 Å². The number of nitrogens with one attached hydrogen (secondary N) is 2. The molecule has 1 saturated heterocycles. The van der Waals surface area contributed by atoms with Crippen LogP contribution in [0.1, 0.15) is 59.8 Å². The topological polar surface area (TPSA) is 156 Å². The van der Waals surface area contributed by atoms with E-state index in [4.69, 9.17) is 18.9 Å². The number of carbonyl (C=O) groups is 2. The van der Waals surface area contributed by atoms with Gasteiger partial charge in [-0.25, -0.2) is 4.79 Å². The molecule has 200 valence electrons. The molecular weight excluding hydrogens is 448 g/mol. The van der Waals surface area contributed by atoms with Crippen molar-refractivity contribution >= 4 is 12.0 Å². The fourth-order valence-corrected chi connectivity index (χ4v) is 3.62. The molecule has 1 aliphatic rings. The molecule has 5 atom stereocenters. The van der Waals surface area contributed by atoms with Crippen LogP contribution in [0.3, 0.4) is 0 Å². The molecule has 11 nitrogen and oxygen atoms in total. The van der Waals surface area contributed by atoms with Crippen LogP contribution >= 0.6 is 0 Å². The van der Waals surface area contributed by atoms with Gasteiger partial charge in [0.2, 0.25) is 5.91 Å². The molecule has 1 aliphatic heterocycles. The molecule has 0 radical (unpaired) electrons. The number of rotatable bonds is 15. The molecule has 34 heavy (non-hydrogen) atoms. The number of aliphatic hydroxyl groups is 3.